The van der Waals surface area contributed by atoms with E-state index < -0.39 is 35.8 Å². The van der Waals surface area contributed by atoms with Crippen molar-refractivity contribution >= 4 is 66.7 Å². The number of amides is 4. The number of carbonyl (C=O) groups excluding carboxylic acids is 4. The minimum Gasteiger partial charge on any atom is -0.392 e. The second-order valence-corrected chi connectivity index (χ2v) is 10.3. The lowest BCUT2D eigenvalue weighted by Gasteiger charge is -2.30. The fraction of sp³-hybridized carbons (Fsp3) is 0.200. The molecule has 5 aromatic rings. The predicted molar refractivity (Wildman–Crippen MR) is 142 cm³/mol. The number of benzene rings is 5. The highest BCUT2D eigenvalue weighted by atomic mass is 16.3. The number of nitrogens with zero attached hydrogens (tertiary/aromatic N) is 2. The molecule has 0 aliphatic carbocycles. The Hall–Kier alpha value is -4.40. The van der Waals surface area contributed by atoms with Crippen LogP contribution < -0.4 is 0 Å². The van der Waals surface area contributed by atoms with Gasteiger partial charge in [0.1, 0.15) is 0 Å². The van der Waals surface area contributed by atoms with Gasteiger partial charge in [-0.25, -0.2) is 0 Å². The van der Waals surface area contributed by atoms with Gasteiger partial charge in [-0.15, -0.1) is 0 Å². The van der Waals surface area contributed by atoms with Gasteiger partial charge in [0.15, 0.2) is 0 Å². The third-order valence-corrected chi connectivity index (χ3v) is 7.70. The smallest absolute Gasteiger partial charge is 0.261 e. The van der Waals surface area contributed by atoms with Crippen LogP contribution in [0.15, 0.2) is 48.5 Å². The Morgan fingerprint density at radius 1 is 0.500 bits per heavy atom. The maximum Gasteiger partial charge on any atom is 0.261 e. The molecule has 38 heavy (non-hydrogen) atoms. The molecule has 0 aromatic heterocycles. The van der Waals surface area contributed by atoms with Crippen molar-refractivity contribution in [1.82, 2.24) is 9.80 Å². The van der Waals surface area contributed by atoms with Gasteiger partial charge >= 0.3 is 0 Å². The zero-order valence-electron chi connectivity index (χ0n) is 20.6. The molecule has 188 valence electrons. The molecule has 8 nitrogen and oxygen atoms in total. The average molecular weight is 507 g/mol. The molecular formula is C30H22N2O6. The van der Waals surface area contributed by atoms with Crippen LogP contribution in [-0.4, -0.2) is 68.9 Å². The second kappa shape index (κ2) is 7.56. The molecule has 0 radical (unpaired) electrons. The molecule has 4 amide bonds. The lowest BCUT2D eigenvalue weighted by molar-refractivity contribution is 0.0509. The summed E-state index contributed by atoms with van der Waals surface area (Å²) in [6.45, 7) is 2.88. The first kappa shape index (κ1) is 22.8. The summed E-state index contributed by atoms with van der Waals surface area (Å²) in [5, 5.41) is 25.7. The van der Waals surface area contributed by atoms with E-state index in [1.807, 2.05) is 24.3 Å². The molecule has 0 saturated heterocycles. The van der Waals surface area contributed by atoms with Gasteiger partial charge < -0.3 is 10.2 Å². The molecule has 5 aromatic carbocycles. The molecule has 0 saturated carbocycles. The van der Waals surface area contributed by atoms with E-state index >= 15 is 0 Å². The number of imide groups is 2. The standard InChI is InChI=1S/C30H22N2O6/c1-13(33)11-31-27(35)19-7-3-15-17-5-9-21-26-22(30(38)32(29(21)37)12-14(2)34)10-6-18(24(17)26)16-4-8-20(28(31)36)25(19)23(15)16/h3-10,13-14,33-34H,11-12H2,1-2H3. The van der Waals surface area contributed by atoms with Gasteiger partial charge in [0.2, 0.25) is 0 Å². The van der Waals surface area contributed by atoms with Gasteiger partial charge in [0.05, 0.1) is 25.3 Å². The molecule has 2 heterocycles. The predicted octanol–water partition coefficient (Wildman–Crippen LogP) is 3.69. The number of carbonyl (C=O) groups is 4. The van der Waals surface area contributed by atoms with Crippen molar-refractivity contribution in [1.29, 1.82) is 0 Å². The number of rotatable bonds is 4. The van der Waals surface area contributed by atoms with Crippen molar-refractivity contribution in [3.63, 3.8) is 0 Å². The number of aliphatic hydroxyl groups is 2. The maximum atomic E-state index is 13.3. The Bertz CT molecular complexity index is 1660. The summed E-state index contributed by atoms with van der Waals surface area (Å²) in [6, 6.07) is 14.2. The molecule has 0 fully saturated rings. The summed E-state index contributed by atoms with van der Waals surface area (Å²) in [6.07, 6.45) is -1.71. The zero-order chi connectivity index (χ0) is 26.6. The fourth-order valence-electron chi connectivity index (χ4n) is 6.23. The van der Waals surface area contributed by atoms with E-state index in [2.05, 4.69) is 0 Å². The summed E-state index contributed by atoms with van der Waals surface area (Å²) < 4.78 is 0. The monoisotopic (exact) mass is 506 g/mol. The molecule has 2 atom stereocenters. The number of hydrogen-bond acceptors (Lipinski definition) is 6. The molecular weight excluding hydrogens is 484 g/mol. The first-order valence-electron chi connectivity index (χ1n) is 12.5. The summed E-state index contributed by atoms with van der Waals surface area (Å²) in [5.74, 6) is -1.79. The molecule has 8 heteroatoms. The normalized spacial score (nSPS) is 17.1. The molecule has 2 aliphatic rings. The molecule has 2 unspecified atom stereocenters. The minimum atomic E-state index is -0.856. The van der Waals surface area contributed by atoms with Gasteiger partial charge in [-0.05, 0) is 70.4 Å². The summed E-state index contributed by atoms with van der Waals surface area (Å²) >= 11 is 0. The first-order valence-corrected chi connectivity index (χ1v) is 12.5. The minimum absolute atomic E-state index is 0.0933. The van der Waals surface area contributed by atoms with Crippen LogP contribution in [0.1, 0.15) is 55.3 Å². The van der Waals surface area contributed by atoms with Crippen molar-refractivity contribution in [2.45, 2.75) is 26.1 Å². The number of β-amino-alcohol motifs (C(OH)–C–C–N with tert-alkyl or cyclic N) is 2. The molecule has 7 rings (SSSR count). The summed E-state index contributed by atoms with van der Waals surface area (Å²) in [7, 11) is 0. The largest absolute Gasteiger partial charge is 0.392 e. The van der Waals surface area contributed by atoms with Crippen molar-refractivity contribution in [3.05, 3.63) is 70.8 Å². The molecule has 0 spiro atoms. The SMILES string of the molecule is CC(O)CN1C(=O)c2ccc3c4ccc5c6c(ccc(c7ccc(c2c37)C1=O)c64)C(=O)N(CC(C)O)C5=O. The van der Waals surface area contributed by atoms with Gasteiger partial charge in [-0.3, -0.25) is 29.0 Å². The van der Waals surface area contributed by atoms with E-state index in [1.165, 1.54) is 13.8 Å². The third-order valence-electron chi connectivity index (χ3n) is 7.70. The Morgan fingerprint density at radius 2 is 0.763 bits per heavy atom. The van der Waals surface area contributed by atoms with E-state index in [0.717, 1.165) is 42.1 Å². The highest BCUT2D eigenvalue weighted by molar-refractivity contribution is 6.41. The average Bonchev–Trinajstić information content (AvgIpc) is 2.89. The Morgan fingerprint density at radius 3 is 1.00 bits per heavy atom. The number of aliphatic hydroxyl groups excluding tert-OH is 2. The van der Waals surface area contributed by atoms with Crippen molar-refractivity contribution in [2.75, 3.05) is 13.1 Å². The fourth-order valence-corrected chi connectivity index (χ4v) is 6.23. The topological polar surface area (TPSA) is 115 Å². The lowest BCUT2D eigenvalue weighted by atomic mass is 9.82. The lowest BCUT2D eigenvalue weighted by Crippen LogP contribution is -2.44. The van der Waals surface area contributed by atoms with Crippen molar-refractivity contribution in [3.8, 4) is 0 Å². The van der Waals surface area contributed by atoms with Gasteiger partial charge in [0.25, 0.3) is 23.6 Å². The number of fused-ring (bicyclic) bond motifs is 2. The van der Waals surface area contributed by atoms with Crippen LogP contribution in [-0.2, 0) is 0 Å². The van der Waals surface area contributed by atoms with Gasteiger partial charge in [-0.1, -0.05) is 24.3 Å². The Kier molecular flexibility index (Phi) is 4.53. The van der Waals surface area contributed by atoms with E-state index in [9.17, 15) is 29.4 Å². The molecule has 0 bridgehead atoms. The zero-order valence-corrected chi connectivity index (χ0v) is 20.6. The highest BCUT2D eigenvalue weighted by Gasteiger charge is 2.37. The van der Waals surface area contributed by atoms with Crippen molar-refractivity contribution in [2.24, 2.45) is 0 Å². The van der Waals surface area contributed by atoms with Crippen LogP contribution in [0.25, 0.3) is 43.1 Å². The van der Waals surface area contributed by atoms with Crippen LogP contribution in [0.3, 0.4) is 0 Å². The Labute approximate surface area is 216 Å². The van der Waals surface area contributed by atoms with Crippen LogP contribution in [0, 0.1) is 0 Å². The van der Waals surface area contributed by atoms with E-state index in [4.69, 9.17) is 0 Å². The summed E-state index contributed by atoms with van der Waals surface area (Å²) in [5.41, 5.74) is 1.59. The number of hydrogen-bond donors (Lipinski definition) is 2. The molecule has 2 aliphatic heterocycles. The van der Waals surface area contributed by atoms with E-state index in [-0.39, 0.29) is 13.1 Å². The van der Waals surface area contributed by atoms with E-state index in [0.29, 0.717) is 33.0 Å². The maximum absolute atomic E-state index is 13.3. The van der Waals surface area contributed by atoms with Gasteiger partial charge in [0, 0.05) is 33.0 Å². The third kappa shape index (κ3) is 2.76. The van der Waals surface area contributed by atoms with Gasteiger partial charge in [-0.2, -0.15) is 0 Å². The van der Waals surface area contributed by atoms with Crippen LogP contribution in [0.4, 0.5) is 0 Å². The highest BCUT2D eigenvalue weighted by Crippen LogP contribution is 2.46. The molecule has 2 N–H and O–H groups in total. The van der Waals surface area contributed by atoms with Crippen LogP contribution >= 0.6 is 0 Å². The van der Waals surface area contributed by atoms with Crippen LogP contribution in [0.2, 0.25) is 0 Å². The first-order chi connectivity index (χ1) is 18.2. The van der Waals surface area contributed by atoms with E-state index in [1.54, 1.807) is 24.3 Å². The Balaban J connectivity index is 1.57. The second-order valence-electron chi connectivity index (χ2n) is 10.3. The van der Waals surface area contributed by atoms with Crippen molar-refractivity contribution < 1.29 is 29.4 Å². The summed E-state index contributed by atoms with van der Waals surface area (Å²) in [4.78, 5) is 55.5. The van der Waals surface area contributed by atoms with Crippen LogP contribution in [0.5, 0.6) is 0 Å². The quantitative estimate of drug-likeness (QED) is 0.218.